The van der Waals surface area contributed by atoms with Gasteiger partial charge in [0.2, 0.25) is 0 Å². The highest BCUT2D eigenvalue weighted by atomic mass is 35.5. The molecule has 0 saturated heterocycles. The third-order valence-electron chi connectivity index (χ3n) is 3.00. The minimum Gasteiger partial charge on any atom is -0.462 e. The van der Waals surface area contributed by atoms with E-state index in [1.54, 1.807) is 29.8 Å². The van der Waals surface area contributed by atoms with Gasteiger partial charge in [-0.2, -0.15) is 5.10 Å². The predicted octanol–water partition coefficient (Wildman–Crippen LogP) is 3.23. The van der Waals surface area contributed by atoms with Gasteiger partial charge in [-0.25, -0.2) is 14.3 Å². The van der Waals surface area contributed by atoms with Gasteiger partial charge in [-0.1, -0.05) is 23.7 Å². The van der Waals surface area contributed by atoms with E-state index in [9.17, 15) is 4.79 Å². The molecule has 0 spiro atoms. The van der Waals surface area contributed by atoms with E-state index in [1.165, 1.54) is 6.20 Å². The number of aromatic nitrogens is 3. The Morgan fingerprint density at radius 3 is 2.76 bits per heavy atom. The fourth-order valence-electron chi connectivity index (χ4n) is 2.00. The highest BCUT2D eigenvalue weighted by Crippen LogP contribution is 2.21. The standard InChI is InChI=1S/C15H12ClN3O2/c1-2-21-15(20)12-9-17-19-8-7-13(18-14(12)19)10-3-5-11(16)6-4-10/h3-9H,2H2,1H3. The van der Waals surface area contributed by atoms with Gasteiger partial charge < -0.3 is 4.74 Å². The lowest BCUT2D eigenvalue weighted by atomic mass is 10.1. The molecule has 0 saturated carbocycles. The molecule has 5 nitrogen and oxygen atoms in total. The second kappa shape index (κ2) is 5.54. The lowest BCUT2D eigenvalue weighted by molar-refractivity contribution is 0.0528. The Hall–Kier alpha value is -2.40. The summed E-state index contributed by atoms with van der Waals surface area (Å²) >= 11 is 5.88. The van der Waals surface area contributed by atoms with Gasteiger partial charge in [0, 0.05) is 16.8 Å². The third kappa shape index (κ3) is 2.60. The summed E-state index contributed by atoms with van der Waals surface area (Å²) in [6, 6.07) is 9.18. The van der Waals surface area contributed by atoms with Gasteiger partial charge in [0.25, 0.3) is 0 Å². The minimum absolute atomic E-state index is 0.313. The monoisotopic (exact) mass is 301 g/mol. The molecule has 0 radical (unpaired) electrons. The molecule has 0 fully saturated rings. The summed E-state index contributed by atoms with van der Waals surface area (Å²) in [5.41, 5.74) is 2.48. The summed E-state index contributed by atoms with van der Waals surface area (Å²) in [6.45, 7) is 2.07. The lowest BCUT2D eigenvalue weighted by Gasteiger charge is -2.03. The quantitative estimate of drug-likeness (QED) is 0.697. The number of ether oxygens (including phenoxy) is 1. The Morgan fingerprint density at radius 2 is 2.05 bits per heavy atom. The van der Waals surface area contributed by atoms with Crippen molar-refractivity contribution in [2.75, 3.05) is 6.61 Å². The molecular formula is C15H12ClN3O2. The van der Waals surface area contributed by atoms with E-state index >= 15 is 0 Å². The lowest BCUT2D eigenvalue weighted by Crippen LogP contribution is -2.05. The van der Waals surface area contributed by atoms with Crippen LogP contribution in [-0.2, 0) is 4.74 Å². The molecule has 0 aliphatic heterocycles. The largest absolute Gasteiger partial charge is 0.462 e. The van der Waals surface area contributed by atoms with Crippen LogP contribution in [0.1, 0.15) is 17.3 Å². The number of benzene rings is 1. The van der Waals surface area contributed by atoms with Gasteiger partial charge in [0.15, 0.2) is 5.65 Å². The summed E-state index contributed by atoms with van der Waals surface area (Å²) in [7, 11) is 0. The van der Waals surface area contributed by atoms with Gasteiger partial charge in [-0.05, 0) is 25.1 Å². The maximum atomic E-state index is 11.9. The van der Waals surface area contributed by atoms with Crippen LogP contribution in [0.4, 0.5) is 0 Å². The summed E-state index contributed by atoms with van der Waals surface area (Å²) < 4.78 is 6.55. The first-order chi connectivity index (χ1) is 10.2. The number of carbonyl (C=O) groups excluding carboxylic acids is 1. The van der Waals surface area contributed by atoms with E-state index in [1.807, 2.05) is 18.2 Å². The van der Waals surface area contributed by atoms with E-state index in [0.29, 0.717) is 22.8 Å². The van der Waals surface area contributed by atoms with Gasteiger partial charge >= 0.3 is 5.97 Å². The highest BCUT2D eigenvalue weighted by molar-refractivity contribution is 6.30. The molecule has 6 heteroatoms. The molecule has 3 aromatic rings. The Bertz CT molecular complexity index is 796. The van der Waals surface area contributed by atoms with E-state index in [2.05, 4.69) is 10.1 Å². The number of carbonyl (C=O) groups is 1. The van der Waals surface area contributed by atoms with Gasteiger partial charge in [0.05, 0.1) is 18.5 Å². The van der Waals surface area contributed by atoms with Gasteiger partial charge in [-0.15, -0.1) is 0 Å². The molecule has 106 valence electrons. The summed E-state index contributed by atoms with van der Waals surface area (Å²) in [4.78, 5) is 16.4. The Balaban J connectivity index is 2.08. The Labute approximate surface area is 126 Å². The number of nitrogens with zero attached hydrogens (tertiary/aromatic N) is 3. The zero-order valence-corrected chi connectivity index (χ0v) is 12.0. The summed E-state index contributed by atoms with van der Waals surface area (Å²) in [5.74, 6) is -0.423. The maximum absolute atomic E-state index is 11.9. The van der Waals surface area contributed by atoms with Crippen molar-refractivity contribution >= 4 is 23.2 Å². The van der Waals surface area contributed by atoms with Crippen LogP contribution in [0.15, 0.2) is 42.7 Å². The molecular weight excluding hydrogens is 290 g/mol. The molecule has 0 aliphatic rings. The van der Waals surface area contributed by atoms with Crippen LogP contribution in [0.3, 0.4) is 0 Å². The van der Waals surface area contributed by atoms with Crippen molar-refractivity contribution in [3.05, 3.63) is 53.3 Å². The molecule has 0 unspecified atom stereocenters. The number of hydrogen-bond donors (Lipinski definition) is 0. The van der Waals surface area contributed by atoms with Crippen molar-refractivity contribution in [2.24, 2.45) is 0 Å². The summed E-state index contributed by atoms with van der Waals surface area (Å²) in [6.07, 6.45) is 3.22. The molecule has 3 rings (SSSR count). The van der Waals surface area contributed by atoms with E-state index in [4.69, 9.17) is 16.3 Å². The first-order valence-corrected chi connectivity index (χ1v) is 6.84. The minimum atomic E-state index is -0.423. The molecule has 0 bridgehead atoms. The SMILES string of the molecule is CCOC(=O)c1cnn2ccc(-c3ccc(Cl)cc3)nc12. The second-order valence-electron chi connectivity index (χ2n) is 4.37. The third-order valence-corrected chi connectivity index (χ3v) is 3.26. The zero-order chi connectivity index (χ0) is 14.8. The molecule has 0 atom stereocenters. The van der Waals surface area contributed by atoms with Crippen LogP contribution in [-0.4, -0.2) is 27.2 Å². The number of hydrogen-bond acceptors (Lipinski definition) is 4. The van der Waals surface area contributed by atoms with Crippen LogP contribution in [0.5, 0.6) is 0 Å². The van der Waals surface area contributed by atoms with E-state index in [0.717, 1.165) is 11.3 Å². The van der Waals surface area contributed by atoms with Crippen molar-refractivity contribution in [3.8, 4) is 11.3 Å². The number of esters is 1. The number of rotatable bonds is 3. The predicted molar refractivity (Wildman–Crippen MR) is 79.4 cm³/mol. The van der Waals surface area contributed by atoms with Crippen LogP contribution in [0.2, 0.25) is 5.02 Å². The molecule has 0 aliphatic carbocycles. The van der Waals surface area contributed by atoms with Crippen LogP contribution < -0.4 is 0 Å². The van der Waals surface area contributed by atoms with Gasteiger partial charge in [0.1, 0.15) is 5.56 Å². The van der Waals surface area contributed by atoms with Crippen molar-refractivity contribution in [1.29, 1.82) is 0 Å². The molecule has 21 heavy (non-hydrogen) atoms. The molecule has 0 N–H and O–H groups in total. The second-order valence-corrected chi connectivity index (χ2v) is 4.80. The van der Waals surface area contributed by atoms with Crippen molar-refractivity contribution < 1.29 is 9.53 Å². The molecule has 1 aromatic carbocycles. The number of halogens is 1. The maximum Gasteiger partial charge on any atom is 0.343 e. The van der Waals surface area contributed by atoms with Crippen LogP contribution >= 0.6 is 11.6 Å². The number of fused-ring (bicyclic) bond motifs is 1. The average Bonchev–Trinajstić information content (AvgIpc) is 2.91. The summed E-state index contributed by atoms with van der Waals surface area (Å²) in [5, 5.41) is 4.77. The Kier molecular flexibility index (Phi) is 3.58. The first kappa shape index (κ1) is 13.6. The smallest absolute Gasteiger partial charge is 0.343 e. The van der Waals surface area contributed by atoms with Crippen LogP contribution in [0.25, 0.3) is 16.9 Å². The van der Waals surface area contributed by atoms with E-state index in [-0.39, 0.29) is 0 Å². The van der Waals surface area contributed by atoms with E-state index < -0.39 is 5.97 Å². The fraction of sp³-hybridized carbons (Fsp3) is 0.133. The highest BCUT2D eigenvalue weighted by Gasteiger charge is 2.15. The Morgan fingerprint density at radius 1 is 1.29 bits per heavy atom. The fourth-order valence-corrected chi connectivity index (χ4v) is 2.13. The van der Waals surface area contributed by atoms with Crippen LogP contribution in [0, 0.1) is 0 Å². The van der Waals surface area contributed by atoms with Crippen molar-refractivity contribution in [2.45, 2.75) is 6.92 Å². The first-order valence-electron chi connectivity index (χ1n) is 6.46. The molecule has 0 amide bonds. The van der Waals surface area contributed by atoms with Crippen molar-refractivity contribution in [1.82, 2.24) is 14.6 Å². The normalized spacial score (nSPS) is 10.8. The molecule has 2 heterocycles. The molecule has 2 aromatic heterocycles. The zero-order valence-electron chi connectivity index (χ0n) is 11.3. The average molecular weight is 302 g/mol. The topological polar surface area (TPSA) is 56.5 Å². The van der Waals surface area contributed by atoms with Crippen molar-refractivity contribution in [3.63, 3.8) is 0 Å². The van der Waals surface area contributed by atoms with Gasteiger partial charge in [-0.3, -0.25) is 0 Å².